The second-order valence-corrected chi connectivity index (χ2v) is 6.96. The first kappa shape index (κ1) is 22.7. The van der Waals surface area contributed by atoms with E-state index in [4.69, 9.17) is 4.74 Å². The summed E-state index contributed by atoms with van der Waals surface area (Å²) >= 11 is 1.78. The van der Waals surface area contributed by atoms with Crippen LogP contribution in [-0.2, 0) is 6.42 Å². The molecule has 1 aromatic carbocycles. The topological polar surface area (TPSA) is 48.9 Å². The number of nitrogens with one attached hydrogen (secondary N) is 2. The first-order chi connectivity index (χ1) is 12.2. The lowest BCUT2D eigenvalue weighted by Crippen LogP contribution is -2.42. The lowest BCUT2D eigenvalue weighted by molar-refractivity contribution is 0.288. The minimum absolute atomic E-state index is 0. The van der Waals surface area contributed by atoms with Crippen molar-refractivity contribution < 1.29 is 4.74 Å². The van der Waals surface area contributed by atoms with Crippen LogP contribution in [0.3, 0.4) is 0 Å². The number of rotatable bonds is 8. The molecule has 1 atom stereocenters. The van der Waals surface area contributed by atoms with Crippen LogP contribution in [0.25, 0.3) is 0 Å². The van der Waals surface area contributed by atoms with Gasteiger partial charge >= 0.3 is 0 Å². The van der Waals surface area contributed by atoms with Crippen molar-refractivity contribution in [1.29, 1.82) is 0 Å². The van der Waals surface area contributed by atoms with Crippen LogP contribution in [0.15, 0.2) is 46.8 Å². The Morgan fingerprint density at radius 1 is 1.19 bits per heavy atom. The summed E-state index contributed by atoms with van der Waals surface area (Å²) in [6.07, 6.45) is 1.00. The fourth-order valence-electron chi connectivity index (χ4n) is 2.69. The van der Waals surface area contributed by atoms with Gasteiger partial charge in [-0.1, -0.05) is 24.3 Å². The van der Waals surface area contributed by atoms with Crippen LogP contribution in [0.1, 0.15) is 16.5 Å². The van der Waals surface area contributed by atoms with E-state index in [9.17, 15) is 0 Å². The number of benzene rings is 1. The van der Waals surface area contributed by atoms with Gasteiger partial charge in [-0.2, -0.15) is 0 Å². The van der Waals surface area contributed by atoms with Crippen molar-refractivity contribution in [2.45, 2.75) is 12.5 Å². The van der Waals surface area contributed by atoms with Crippen LogP contribution in [0.4, 0.5) is 0 Å². The largest absolute Gasteiger partial charge is 0.496 e. The Morgan fingerprint density at radius 3 is 2.58 bits per heavy atom. The highest BCUT2D eigenvalue weighted by Gasteiger charge is 2.18. The van der Waals surface area contributed by atoms with Gasteiger partial charge in [-0.25, -0.2) is 0 Å². The number of likely N-dealkylation sites (N-methyl/N-ethyl adjacent to an activating group) is 1. The molecule has 5 nitrogen and oxygen atoms in total. The quantitative estimate of drug-likeness (QED) is 0.340. The summed E-state index contributed by atoms with van der Waals surface area (Å²) in [7, 11) is 7.66. The Hall–Kier alpha value is -1.32. The number of para-hydroxylation sites is 1. The Balaban J connectivity index is 0.00000338. The fraction of sp³-hybridized carbons (Fsp3) is 0.421. The summed E-state index contributed by atoms with van der Waals surface area (Å²) in [6.45, 7) is 1.60. The van der Waals surface area contributed by atoms with E-state index in [2.05, 4.69) is 58.2 Å². The van der Waals surface area contributed by atoms with Gasteiger partial charge in [0.2, 0.25) is 0 Å². The Morgan fingerprint density at radius 2 is 1.96 bits per heavy atom. The highest BCUT2D eigenvalue weighted by molar-refractivity contribution is 14.0. The SMILES string of the molecule is CN=C(NCCc1cccs1)NCC(c1ccccc1OC)N(C)C.I. The molecule has 1 aromatic heterocycles. The molecule has 0 aliphatic heterocycles. The maximum absolute atomic E-state index is 5.52. The van der Waals surface area contributed by atoms with Gasteiger partial charge < -0.3 is 20.3 Å². The zero-order chi connectivity index (χ0) is 18.1. The van der Waals surface area contributed by atoms with Crippen molar-refractivity contribution in [3.05, 3.63) is 52.2 Å². The van der Waals surface area contributed by atoms with Crippen LogP contribution in [0, 0.1) is 0 Å². The van der Waals surface area contributed by atoms with Crippen LogP contribution in [0.2, 0.25) is 0 Å². The van der Waals surface area contributed by atoms with Gasteiger partial charge in [-0.3, -0.25) is 4.99 Å². The molecule has 0 aliphatic rings. The molecule has 0 bridgehead atoms. The molecule has 7 heteroatoms. The fourth-order valence-corrected chi connectivity index (χ4v) is 3.39. The van der Waals surface area contributed by atoms with Crippen LogP contribution >= 0.6 is 35.3 Å². The summed E-state index contributed by atoms with van der Waals surface area (Å²) in [5.41, 5.74) is 1.16. The van der Waals surface area contributed by atoms with Gasteiger partial charge in [0, 0.05) is 30.6 Å². The molecule has 2 N–H and O–H groups in total. The molecule has 2 aromatic rings. The molecule has 2 rings (SSSR count). The van der Waals surface area contributed by atoms with E-state index >= 15 is 0 Å². The van der Waals surface area contributed by atoms with E-state index in [1.165, 1.54) is 4.88 Å². The first-order valence-corrected chi connectivity index (χ1v) is 9.30. The van der Waals surface area contributed by atoms with Crippen molar-refractivity contribution in [1.82, 2.24) is 15.5 Å². The van der Waals surface area contributed by atoms with Gasteiger partial charge in [0.05, 0.1) is 13.2 Å². The van der Waals surface area contributed by atoms with Crippen LogP contribution < -0.4 is 15.4 Å². The van der Waals surface area contributed by atoms with E-state index in [1.807, 2.05) is 18.2 Å². The normalized spacial score (nSPS) is 12.4. The molecule has 1 heterocycles. The number of guanidine groups is 1. The minimum Gasteiger partial charge on any atom is -0.496 e. The third-order valence-electron chi connectivity index (χ3n) is 4.05. The lowest BCUT2D eigenvalue weighted by Gasteiger charge is -2.27. The summed E-state index contributed by atoms with van der Waals surface area (Å²) < 4.78 is 5.52. The van der Waals surface area contributed by atoms with Gasteiger partial charge in [-0.05, 0) is 38.0 Å². The molecule has 0 fully saturated rings. The van der Waals surface area contributed by atoms with E-state index in [0.29, 0.717) is 0 Å². The average Bonchev–Trinajstić information content (AvgIpc) is 3.14. The number of aliphatic imine (C=N–C) groups is 1. The number of hydrogen-bond donors (Lipinski definition) is 2. The zero-order valence-corrected chi connectivity index (χ0v) is 19.0. The predicted molar refractivity (Wildman–Crippen MR) is 122 cm³/mol. The highest BCUT2D eigenvalue weighted by Crippen LogP contribution is 2.27. The van der Waals surface area contributed by atoms with Gasteiger partial charge in [0.1, 0.15) is 5.75 Å². The molecule has 0 saturated carbocycles. The second kappa shape index (κ2) is 12.1. The summed E-state index contributed by atoms with van der Waals surface area (Å²) in [6, 6.07) is 12.6. The second-order valence-electron chi connectivity index (χ2n) is 5.93. The number of methoxy groups -OCH3 is 1. The summed E-state index contributed by atoms with van der Waals surface area (Å²) in [5.74, 6) is 1.72. The van der Waals surface area contributed by atoms with E-state index in [0.717, 1.165) is 36.8 Å². The lowest BCUT2D eigenvalue weighted by atomic mass is 10.0. The molecule has 0 amide bonds. The summed E-state index contributed by atoms with van der Waals surface area (Å²) in [4.78, 5) is 7.88. The standard InChI is InChI=1S/C19H28N4OS.HI/c1-20-19(21-12-11-15-8-7-13-25-15)22-14-17(23(2)3)16-9-5-6-10-18(16)24-4;/h5-10,13,17H,11-12,14H2,1-4H3,(H2,20,21,22);1H. The maximum atomic E-state index is 5.52. The number of hydrogen-bond acceptors (Lipinski definition) is 4. The monoisotopic (exact) mass is 488 g/mol. The van der Waals surface area contributed by atoms with Gasteiger partial charge in [0.15, 0.2) is 5.96 Å². The third kappa shape index (κ3) is 6.77. The smallest absolute Gasteiger partial charge is 0.191 e. The third-order valence-corrected chi connectivity index (χ3v) is 4.99. The van der Waals surface area contributed by atoms with Gasteiger partial charge in [-0.15, -0.1) is 35.3 Å². The molecule has 26 heavy (non-hydrogen) atoms. The number of halogens is 1. The Labute approximate surface area is 177 Å². The zero-order valence-electron chi connectivity index (χ0n) is 15.9. The highest BCUT2D eigenvalue weighted by atomic mass is 127. The minimum atomic E-state index is 0. The molecule has 0 saturated heterocycles. The van der Waals surface area contributed by atoms with E-state index in [1.54, 1.807) is 25.5 Å². The van der Waals surface area contributed by atoms with Crippen LogP contribution in [0.5, 0.6) is 5.75 Å². The molecular formula is C19H29IN4OS. The maximum Gasteiger partial charge on any atom is 0.191 e. The molecule has 144 valence electrons. The number of nitrogens with zero attached hydrogens (tertiary/aromatic N) is 2. The molecular weight excluding hydrogens is 459 g/mol. The van der Waals surface area contributed by atoms with Crippen molar-refractivity contribution in [2.75, 3.05) is 41.3 Å². The Bertz CT molecular complexity index is 661. The van der Waals surface area contributed by atoms with Crippen molar-refractivity contribution >= 4 is 41.3 Å². The molecule has 1 unspecified atom stereocenters. The number of thiophene rings is 1. The van der Waals surface area contributed by atoms with Crippen molar-refractivity contribution in [3.8, 4) is 5.75 Å². The molecule has 0 radical (unpaired) electrons. The predicted octanol–water partition coefficient (Wildman–Crippen LogP) is 3.39. The molecule has 0 spiro atoms. The van der Waals surface area contributed by atoms with Crippen molar-refractivity contribution in [3.63, 3.8) is 0 Å². The van der Waals surface area contributed by atoms with E-state index in [-0.39, 0.29) is 30.0 Å². The van der Waals surface area contributed by atoms with Crippen molar-refractivity contribution in [2.24, 2.45) is 4.99 Å². The van der Waals surface area contributed by atoms with Gasteiger partial charge in [0.25, 0.3) is 0 Å². The van der Waals surface area contributed by atoms with Crippen LogP contribution in [-0.4, -0.2) is 52.2 Å². The average molecular weight is 488 g/mol. The van der Waals surface area contributed by atoms with E-state index < -0.39 is 0 Å². The molecule has 0 aliphatic carbocycles. The first-order valence-electron chi connectivity index (χ1n) is 8.42. The number of ether oxygens (including phenoxy) is 1. The summed E-state index contributed by atoms with van der Waals surface area (Å²) in [5, 5.41) is 8.91. The Kier molecular flexibility index (Phi) is 10.6.